The van der Waals surface area contributed by atoms with Gasteiger partial charge in [-0.1, -0.05) is 215 Å². The number of carbonyl (C=O) groups excluding carboxylic acids is 2. The number of allylic oxidation sites excluding steroid dienone is 32. The molecule has 5 heteroatoms. The SMILES string of the molecule is CC/C=C\C/C=C\C/C=C\C/C=C\C/C=C\C/C=C\CCCOCC(COC(=O)CC/C=C\C/C=C\C/C=C\C/C=C\C/C=C\C/C=C\CC)OC(=O)CCCC/C=C\C/C=C\C/C=C\C/C=C\CC. The summed E-state index contributed by atoms with van der Waals surface area (Å²) in [4.78, 5) is 25.4. The van der Waals surface area contributed by atoms with Crippen LogP contribution >= 0.6 is 0 Å². The minimum Gasteiger partial charge on any atom is -0.462 e. The molecule has 70 heavy (non-hydrogen) atoms. The Bertz CT molecular complexity index is 1700. The predicted octanol–water partition coefficient (Wildman–Crippen LogP) is 18.8. The number of carbonyl (C=O) groups is 2. The zero-order chi connectivity index (χ0) is 50.6. The van der Waals surface area contributed by atoms with Gasteiger partial charge in [-0.15, -0.1) is 0 Å². The van der Waals surface area contributed by atoms with Gasteiger partial charge < -0.3 is 14.2 Å². The van der Waals surface area contributed by atoms with Gasteiger partial charge in [0.15, 0.2) is 6.10 Å². The molecule has 386 valence electrons. The van der Waals surface area contributed by atoms with Crippen LogP contribution in [0.2, 0.25) is 0 Å². The molecular weight excluding hydrogens is 861 g/mol. The molecule has 0 heterocycles. The highest BCUT2D eigenvalue weighted by molar-refractivity contribution is 5.70. The quantitative estimate of drug-likeness (QED) is 0.0346. The van der Waals surface area contributed by atoms with Gasteiger partial charge in [0.05, 0.1) is 6.61 Å². The molecule has 0 aliphatic heterocycles. The summed E-state index contributed by atoms with van der Waals surface area (Å²) in [6.07, 6.45) is 90.4. The molecule has 0 saturated heterocycles. The van der Waals surface area contributed by atoms with Gasteiger partial charge in [0.1, 0.15) is 6.61 Å². The normalized spacial score (nSPS) is 13.8. The monoisotopic (exact) mass is 957 g/mol. The Kier molecular flexibility index (Phi) is 53.7. The van der Waals surface area contributed by atoms with Gasteiger partial charge >= 0.3 is 11.9 Å². The molecule has 0 N–H and O–H groups in total. The Morgan fingerprint density at radius 1 is 0.314 bits per heavy atom. The van der Waals surface area contributed by atoms with Gasteiger partial charge in [-0.25, -0.2) is 0 Å². The highest BCUT2D eigenvalue weighted by atomic mass is 16.6. The van der Waals surface area contributed by atoms with E-state index in [-0.39, 0.29) is 31.6 Å². The van der Waals surface area contributed by atoms with E-state index in [1.807, 2.05) is 6.08 Å². The summed E-state index contributed by atoms with van der Waals surface area (Å²) < 4.78 is 17.2. The summed E-state index contributed by atoms with van der Waals surface area (Å²) in [5.41, 5.74) is 0. The van der Waals surface area contributed by atoms with E-state index in [1.54, 1.807) is 0 Å². The lowest BCUT2D eigenvalue weighted by Gasteiger charge is -2.18. The largest absolute Gasteiger partial charge is 0.462 e. The Morgan fingerprint density at radius 3 is 0.957 bits per heavy atom. The van der Waals surface area contributed by atoms with E-state index < -0.39 is 6.10 Å². The standard InChI is InChI=1S/C65H96O5/c1-4-7-10-13-16-19-22-25-28-30-32-34-36-39-42-45-48-51-54-57-60-68-61-63(70-65(67)59-56-53-50-47-44-41-37-27-24-21-18-15-12-9-6-3)62-69-64(66)58-55-52-49-46-43-40-38-35-33-31-29-26-23-20-17-14-11-8-5-2/h7-12,16-21,25-29,32-35,37,39-40,42-44,47-49,51-52,63H,4-6,13-15,22-24,30-31,36,38,41,45-46,50,53-62H2,1-3H3/b10-7-,11-8-,12-9-,19-16-,20-17-,21-18-,28-25-,29-26-,34-32-,35-33-,37-27-,42-39-,43-40-,47-44-,51-48-,52-49-. The molecule has 0 radical (unpaired) electrons. The second kappa shape index (κ2) is 58.1. The first-order chi connectivity index (χ1) is 34.6. The van der Waals surface area contributed by atoms with E-state index in [1.165, 1.54) is 0 Å². The fourth-order valence-electron chi connectivity index (χ4n) is 6.25. The number of hydrogen-bond donors (Lipinski definition) is 0. The fraction of sp³-hybridized carbons (Fsp3) is 0.477. The molecule has 1 unspecified atom stereocenters. The molecular formula is C65H96O5. The van der Waals surface area contributed by atoms with Gasteiger partial charge in [-0.05, 0) is 141 Å². The van der Waals surface area contributed by atoms with E-state index >= 15 is 0 Å². The number of rotatable bonds is 46. The zero-order valence-corrected chi connectivity index (χ0v) is 44.2. The fourth-order valence-corrected chi connectivity index (χ4v) is 6.25. The molecule has 0 saturated carbocycles. The van der Waals surface area contributed by atoms with Crippen molar-refractivity contribution in [3.8, 4) is 0 Å². The number of unbranched alkanes of at least 4 members (excludes halogenated alkanes) is 3. The van der Waals surface area contributed by atoms with Crippen molar-refractivity contribution in [2.75, 3.05) is 19.8 Å². The third-order valence-electron chi connectivity index (χ3n) is 10.1. The van der Waals surface area contributed by atoms with E-state index in [9.17, 15) is 9.59 Å². The molecule has 0 spiro atoms. The molecule has 5 nitrogen and oxygen atoms in total. The van der Waals surface area contributed by atoms with Crippen molar-refractivity contribution in [1.82, 2.24) is 0 Å². The van der Waals surface area contributed by atoms with Gasteiger partial charge in [0.25, 0.3) is 0 Å². The van der Waals surface area contributed by atoms with Crippen molar-refractivity contribution >= 4 is 11.9 Å². The van der Waals surface area contributed by atoms with Crippen LogP contribution in [-0.4, -0.2) is 37.9 Å². The van der Waals surface area contributed by atoms with Crippen molar-refractivity contribution in [2.24, 2.45) is 0 Å². The number of esters is 2. The van der Waals surface area contributed by atoms with E-state index in [0.717, 1.165) is 135 Å². The van der Waals surface area contributed by atoms with Crippen molar-refractivity contribution in [3.63, 3.8) is 0 Å². The summed E-state index contributed by atoms with van der Waals surface area (Å²) in [5.74, 6) is -0.595. The van der Waals surface area contributed by atoms with E-state index in [2.05, 4.69) is 209 Å². The predicted molar refractivity (Wildman–Crippen MR) is 306 cm³/mol. The van der Waals surface area contributed by atoms with Crippen LogP contribution in [0.15, 0.2) is 194 Å². The van der Waals surface area contributed by atoms with Crippen LogP contribution in [0.5, 0.6) is 0 Å². The first-order valence-corrected chi connectivity index (χ1v) is 27.0. The molecule has 0 aromatic heterocycles. The third kappa shape index (κ3) is 55.3. The summed E-state index contributed by atoms with van der Waals surface area (Å²) in [7, 11) is 0. The second-order valence-electron chi connectivity index (χ2n) is 16.6. The Hall–Kier alpha value is -5.26. The van der Waals surface area contributed by atoms with Crippen LogP contribution in [0.25, 0.3) is 0 Å². The van der Waals surface area contributed by atoms with Crippen LogP contribution < -0.4 is 0 Å². The smallest absolute Gasteiger partial charge is 0.306 e. The van der Waals surface area contributed by atoms with Crippen molar-refractivity contribution in [2.45, 2.75) is 181 Å². The Morgan fingerprint density at radius 2 is 0.614 bits per heavy atom. The van der Waals surface area contributed by atoms with Crippen molar-refractivity contribution in [3.05, 3.63) is 194 Å². The lowest BCUT2D eigenvalue weighted by molar-refractivity contribution is -0.162. The van der Waals surface area contributed by atoms with Crippen LogP contribution in [0.1, 0.15) is 175 Å². The summed E-state index contributed by atoms with van der Waals surface area (Å²) in [6, 6.07) is 0. The lowest BCUT2D eigenvalue weighted by atomic mass is 10.2. The van der Waals surface area contributed by atoms with Gasteiger partial charge in [0.2, 0.25) is 0 Å². The first-order valence-electron chi connectivity index (χ1n) is 27.0. The topological polar surface area (TPSA) is 61.8 Å². The minimum atomic E-state index is -0.637. The van der Waals surface area contributed by atoms with Gasteiger partial charge in [-0.2, -0.15) is 0 Å². The molecule has 0 aromatic rings. The zero-order valence-electron chi connectivity index (χ0n) is 44.2. The Balaban J connectivity index is 4.61. The highest BCUT2D eigenvalue weighted by Crippen LogP contribution is 2.08. The average molecular weight is 957 g/mol. The van der Waals surface area contributed by atoms with Crippen molar-refractivity contribution < 1.29 is 23.8 Å². The van der Waals surface area contributed by atoms with Crippen LogP contribution in [0.4, 0.5) is 0 Å². The summed E-state index contributed by atoms with van der Waals surface area (Å²) in [5, 5.41) is 0. The molecule has 0 bridgehead atoms. The summed E-state index contributed by atoms with van der Waals surface area (Å²) >= 11 is 0. The lowest BCUT2D eigenvalue weighted by Crippen LogP contribution is -2.30. The van der Waals surface area contributed by atoms with Gasteiger partial charge in [-0.3, -0.25) is 9.59 Å². The van der Waals surface area contributed by atoms with Gasteiger partial charge in [0, 0.05) is 19.4 Å². The molecule has 0 aromatic carbocycles. The van der Waals surface area contributed by atoms with E-state index in [4.69, 9.17) is 14.2 Å². The molecule has 0 rings (SSSR count). The maximum absolute atomic E-state index is 12.8. The van der Waals surface area contributed by atoms with E-state index in [0.29, 0.717) is 19.4 Å². The minimum absolute atomic E-state index is 0.0105. The Labute approximate surface area is 429 Å². The molecule has 0 fully saturated rings. The maximum atomic E-state index is 12.8. The van der Waals surface area contributed by atoms with Crippen LogP contribution in [0, 0.1) is 0 Å². The number of hydrogen-bond acceptors (Lipinski definition) is 5. The van der Waals surface area contributed by atoms with Crippen LogP contribution in [-0.2, 0) is 23.8 Å². The highest BCUT2D eigenvalue weighted by Gasteiger charge is 2.17. The maximum Gasteiger partial charge on any atom is 0.306 e. The first kappa shape index (κ1) is 64.7. The third-order valence-corrected chi connectivity index (χ3v) is 10.1. The molecule has 1 atom stereocenters. The average Bonchev–Trinajstić information content (AvgIpc) is 3.36. The van der Waals surface area contributed by atoms with Crippen LogP contribution in [0.3, 0.4) is 0 Å². The number of ether oxygens (including phenoxy) is 3. The second-order valence-corrected chi connectivity index (χ2v) is 16.6. The van der Waals surface area contributed by atoms with Crippen molar-refractivity contribution in [1.29, 1.82) is 0 Å². The molecule has 0 amide bonds. The molecule has 0 aliphatic rings. The molecule has 0 aliphatic carbocycles. The summed E-state index contributed by atoms with van der Waals surface area (Å²) in [6.45, 7) is 7.17.